The lowest BCUT2D eigenvalue weighted by atomic mass is 10.1. The molecular weight excluding hydrogens is 442 g/mol. The largest absolute Gasteiger partial charge is 0.348 e. The van der Waals surface area contributed by atoms with Gasteiger partial charge in [0.05, 0.1) is 27.8 Å². The zero-order valence-electron chi connectivity index (χ0n) is 18.4. The van der Waals surface area contributed by atoms with Gasteiger partial charge < -0.3 is 14.8 Å². The minimum Gasteiger partial charge on any atom is -0.348 e. The number of carbonyl (C=O) groups is 2. The first-order valence-corrected chi connectivity index (χ1v) is 11.7. The predicted octanol–water partition coefficient (Wildman–Crippen LogP) is 3.44. The Morgan fingerprint density at radius 3 is 2.67 bits per heavy atom. The van der Waals surface area contributed by atoms with Crippen LogP contribution in [-0.4, -0.2) is 49.5 Å². The van der Waals surface area contributed by atoms with Crippen molar-refractivity contribution in [2.24, 2.45) is 7.05 Å². The maximum Gasteiger partial charge on any atom is 0.269 e. The van der Waals surface area contributed by atoms with Gasteiger partial charge in [0.25, 0.3) is 5.69 Å². The van der Waals surface area contributed by atoms with Gasteiger partial charge in [0.15, 0.2) is 5.16 Å². The molecule has 1 aliphatic heterocycles. The third-order valence-electron chi connectivity index (χ3n) is 5.91. The monoisotopic (exact) mass is 467 g/mol. The fourth-order valence-corrected chi connectivity index (χ4v) is 4.95. The Labute approximate surface area is 195 Å². The number of nitrogens with zero attached hydrogens (tertiary/aromatic N) is 4. The normalized spacial score (nSPS) is 16.7. The molecule has 0 unspecified atom stereocenters. The average Bonchev–Trinajstić information content (AvgIpc) is 3.43. The number of fused-ring (bicyclic) bond motifs is 1. The summed E-state index contributed by atoms with van der Waals surface area (Å²) in [5.74, 6) is -0.0918. The van der Waals surface area contributed by atoms with E-state index >= 15 is 0 Å². The molecule has 33 heavy (non-hydrogen) atoms. The molecule has 2 atom stereocenters. The van der Waals surface area contributed by atoms with Crippen LogP contribution in [0.2, 0.25) is 0 Å². The molecule has 2 heterocycles. The summed E-state index contributed by atoms with van der Waals surface area (Å²) < 4.78 is 1.97. The number of hydrogen-bond acceptors (Lipinski definition) is 6. The number of hydrogen-bond donors (Lipinski definition) is 1. The predicted molar refractivity (Wildman–Crippen MR) is 126 cm³/mol. The number of nitro groups is 1. The second kappa shape index (κ2) is 9.62. The highest BCUT2D eigenvalue weighted by molar-refractivity contribution is 7.99. The number of likely N-dealkylation sites (tertiary alicyclic amines) is 1. The van der Waals surface area contributed by atoms with Crippen LogP contribution in [0.15, 0.2) is 53.7 Å². The van der Waals surface area contributed by atoms with E-state index in [1.54, 1.807) is 17.0 Å². The van der Waals surface area contributed by atoms with Gasteiger partial charge in [-0.25, -0.2) is 4.98 Å². The smallest absolute Gasteiger partial charge is 0.269 e. The van der Waals surface area contributed by atoms with E-state index in [-0.39, 0.29) is 29.3 Å². The van der Waals surface area contributed by atoms with Crippen molar-refractivity contribution in [3.63, 3.8) is 0 Å². The topological polar surface area (TPSA) is 110 Å². The lowest BCUT2D eigenvalue weighted by Gasteiger charge is -2.25. The summed E-state index contributed by atoms with van der Waals surface area (Å²) in [5.41, 5.74) is 2.66. The standard InChI is InChI=1S/C23H25N5O4S/c1-15(16-9-11-17(12-10-16)28(31)32)24-22(30)20-8-5-13-27(20)21(29)14-33-23-25-18-6-3-4-7-19(18)26(23)2/h3-4,6-7,9-12,15,20H,5,8,13-14H2,1-2H3,(H,24,30)/t15-,20-/m0/s1. The Morgan fingerprint density at radius 1 is 1.24 bits per heavy atom. The van der Waals surface area contributed by atoms with Gasteiger partial charge in [-0.2, -0.15) is 0 Å². The number of benzene rings is 2. The van der Waals surface area contributed by atoms with Crippen LogP contribution in [0.4, 0.5) is 5.69 Å². The van der Waals surface area contributed by atoms with Crippen molar-refractivity contribution in [3.05, 3.63) is 64.2 Å². The number of aryl methyl sites for hydroxylation is 1. The van der Waals surface area contributed by atoms with E-state index in [9.17, 15) is 19.7 Å². The van der Waals surface area contributed by atoms with Crippen molar-refractivity contribution < 1.29 is 14.5 Å². The molecule has 10 heteroatoms. The lowest BCUT2D eigenvalue weighted by molar-refractivity contribution is -0.384. The Kier molecular flexibility index (Phi) is 6.64. The molecule has 0 saturated carbocycles. The molecule has 1 aromatic heterocycles. The van der Waals surface area contributed by atoms with Gasteiger partial charge in [0.1, 0.15) is 6.04 Å². The minimum atomic E-state index is -0.515. The van der Waals surface area contributed by atoms with Crippen LogP contribution in [0.1, 0.15) is 31.4 Å². The summed E-state index contributed by atoms with van der Waals surface area (Å²) in [5, 5.41) is 14.5. The van der Waals surface area contributed by atoms with Gasteiger partial charge in [-0.1, -0.05) is 36.0 Å². The number of nitrogens with one attached hydrogen (secondary N) is 1. The maximum atomic E-state index is 12.9. The quantitative estimate of drug-likeness (QED) is 0.324. The number of aromatic nitrogens is 2. The molecule has 2 amide bonds. The minimum absolute atomic E-state index is 0.00273. The molecule has 4 rings (SSSR count). The van der Waals surface area contributed by atoms with E-state index in [1.165, 1.54) is 23.9 Å². The van der Waals surface area contributed by atoms with Gasteiger partial charge in [0, 0.05) is 25.7 Å². The van der Waals surface area contributed by atoms with E-state index in [4.69, 9.17) is 0 Å². The number of carbonyl (C=O) groups excluding carboxylic acids is 2. The molecule has 2 aromatic carbocycles. The SMILES string of the molecule is C[C@H](NC(=O)[C@@H]1CCCN1C(=O)CSc1nc2ccccc2n1C)c1ccc([N+](=O)[O-])cc1. The third-order valence-corrected chi connectivity index (χ3v) is 6.92. The first kappa shape index (κ1) is 22.8. The molecule has 1 aliphatic rings. The molecular formula is C23H25N5O4S. The number of nitro benzene ring substituents is 1. The van der Waals surface area contributed by atoms with Gasteiger partial charge in [-0.3, -0.25) is 19.7 Å². The van der Waals surface area contributed by atoms with Crippen LogP contribution >= 0.6 is 11.8 Å². The molecule has 1 N–H and O–H groups in total. The zero-order valence-corrected chi connectivity index (χ0v) is 19.2. The van der Waals surface area contributed by atoms with Crippen LogP contribution in [0, 0.1) is 10.1 Å². The summed E-state index contributed by atoms with van der Waals surface area (Å²) in [6.45, 7) is 2.37. The summed E-state index contributed by atoms with van der Waals surface area (Å²) in [7, 11) is 1.92. The molecule has 0 radical (unpaired) electrons. The van der Waals surface area contributed by atoms with Crippen molar-refractivity contribution >= 4 is 40.3 Å². The Balaban J connectivity index is 1.37. The molecule has 0 bridgehead atoms. The highest BCUT2D eigenvalue weighted by Crippen LogP contribution is 2.25. The molecule has 3 aromatic rings. The van der Waals surface area contributed by atoms with Gasteiger partial charge in [-0.05, 0) is 37.5 Å². The van der Waals surface area contributed by atoms with E-state index in [1.807, 2.05) is 42.8 Å². The average molecular weight is 468 g/mol. The Hall–Kier alpha value is -3.40. The van der Waals surface area contributed by atoms with Crippen LogP contribution in [-0.2, 0) is 16.6 Å². The molecule has 9 nitrogen and oxygen atoms in total. The molecule has 1 saturated heterocycles. The summed E-state index contributed by atoms with van der Waals surface area (Å²) >= 11 is 1.37. The summed E-state index contributed by atoms with van der Waals surface area (Å²) in [4.78, 5) is 42.5. The number of imidazole rings is 1. The van der Waals surface area contributed by atoms with Crippen molar-refractivity contribution in [2.45, 2.75) is 37.0 Å². The van der Waals surface area contributed by atoms with Crippen LogP contribution < -0.4 is 5.32 Å². The molecule has 172 valence electrons. The zero-order chi connectivity index (χ0) is 23.5. The Bertz CT molecular complexity index is 1190. The number of amides is 2. The fraction of sp³-hybridized carbons (Fsp3) is 0.348. The second-order valence-corrected chi connectivity index (χ2v) is 9.00. The maximum absolute atomic E-state index is 12.9. The van der Waals surface area contributed by atoms with Crippen molar-refractivity contribution in [1.29, 1.82) is 0 Å². The van der Waals surface area contributed by atoms with Crippen LogP contribution in [0.5, 0.6) is 0 Å². The van der Waals surface area contributed by atoms with Gasteiger partial charge in [-0.15, -0.1) is 0 Å². The van der Waals surface area contributed by atoms with E-state index in [0.29, 0.717) is 13.0 Å². The number of rotatable bonds is 7. The lowest BCUT2D eigenvalue weighted by Crippen LogP contribution is -2.47. The summed E-state index contributed by atoms with van der Waals surface area (Å²) in [6, 6.07) is 13.1. The summed E-state index contributed by atoms with van der Waals surface area (Å²) in [6.07, 6.45) is 1.38. The van der Waals surface area contributed by atoms with Crippen molar-refractivity contribution in [1.82, 2.24) is 19.8 Å². The highest BCUT2D eigenvalue weighted by Gasteiger charge is 2.34. The van der Waals surface area contributed by atoms with Crippen LogP contribution in [0.3, 0.4) is 0 Å². The van der Waals surface area contributed by atoms with Gasteiger partial charge in [0.2, 0.25) is 11.8 Å². The second-order valence-electron chi connectivity index (χ2n) is 8.05. The van der Waals surface area contributed by atoms with E-state index in [2.05, 4.69) is 10.3 Å². The van der Waals surface area contributed by atoms with E-state index < -0.39 is 11.0 Å². The van der Waals surface area contributed by atoms with E-state index in [0.717, 1.165) is 28.2 Å². The number of thioether (sulfide) groups is 1. The number of non-ortho nitro benzene ring substituents is 1. The fourth-order valence-electron chi connectivity index (χ4n) is 4.08. The van der Waals surface area contributed by atoms with Gasteiger partial charge >= 0.3 is 0 Å². The highest BCUT2D eigenvalue weighted by atomic mass is 32.2. The molecule has 0 spiro atoms. The number of para-hydroxylation sites is 2. The molecule has 0 aliphatic carbocycles. The van der Waals surface area contributed by atoms with Crippen LogP contribution in [0.25, 0.3) is 11.0 Å². The molecule has 1 fully saturated rings. The Morgan fingerprint density at radius 2 is 1.97 bits per heavy atom. The van der Waals surface area contributed by atoms with Crippen molar-refractivity contribution in [2.75, 3.05) is 12.3 Å². The van der Waals surface area contributed by atoms with Crippen molar-refractivity contribution in [3.8, 4) is 0 Å². The first-order chi connectivity index (χ1) is 15.8. The third kappa shape index (κ3) is 4.85. The first-order valence-electron chi connectivity index (χ1n) is 10.7.